The molecule has 0 radical (unpaired) electrons. The fraction of sp³-hybridized carbons (Fsp3) is 0.778. The number of amides is 1. The molecule has 13 heavy (non-hydrogen) atoms. The van der Waals surface area contributed by atoms with Crippen LogP contribution in [0.3, 0.4) is 0 Å². The van der Waals surface area contributed by atoms with Crippen LogP contribution in [0.2, 0.25) is 0 Å². The van der Waals surface area contributed by atoms with Crippen LogP contribution in [0.25, 0.3) is 0 Å². The Hall–Kier alpha value is -0.380. The normalized spacial score (nSPS) is 12.7. The van der Waals surface area contributed by atoms with Gasteiger partial charge < -0.3 is 5.32 Å². The second-order valence-corrected chi connectivity index (χ2v) is 3.90. The van der Waals surface area contributed by atoms with Crippen molar-refractivity contribution in [1.82, 2.24) is 5.32 Å². The number of Topliss-reactive ketones (excluding diaryl/α,β-unsaturated/α-hetero) is 1. The molecule has 0 aliphatic rings. The monoisotopic (exact) mass is 249 g/mol. The molecule has 0 spiro atoms. The number of alkyl halides is 1. The lowest BCUT2D eigenvalue weighted by Crippen LogP contribution is -2.32. The van der Waals surface area contributed by atoms with E-state index in [1.165, 1.54) is 0 Å². The Morgan fingerprint density at radius 1 is 1.38 bits per heavy atom. The van der Waals surface area contributed by atoms with Crippen molar-refractivity contribution in [1.29, 1.82) is 0 Å². The van der Waals surface area contributed by atoms with Crippen molar-refractivity contribution in [2.24, 2.45) is 11.8 Å². The van der Waals surface area contributed by atoms with E-state index in [0.29, 0.717) is 11.8 Å². The van der Waals surface area contributed by atoms with E-state index in [2.05, 4.69) is 21.2 Å². The summed E-state index contributed by atoms with van der Waals surface area (Å²) in [6.07, 6.45) is 0.322. The van der Waals surface area contributed by atoms with E-state index in [9.17, 15) is 9.59 Å². The summed E-state index contributed by atoms with van der Waals surface area (Å²) in [6.45, 7) is 3.89. The average molecular weight is 250 g/mol. The molecule has 0 bridgehead atoms. The molecule has 3 nitrogen and oxygen atoms in total. The van der Waals surface area contributed by atoms with Gasteiger partial charge in [0.1, 0.15) is 5.78 Å². The van der Waals surface area contributed by atoms with E-state index in [1.807, 2.05) is 13.8 Å². The zero-order chi connectivity index (χ0) is 10.4. The Kier molecular flexibility index (Phi) is 5.95. The Morgan fingerprint density at radius 3 is 2.23 bits per heavy atom. The van der Waals surface area contributed by atoms with E-state index in [-0.39, 0.29) is 23.5 Å². The molecule has 0 aliphatic heterocycles. The molecule has 0 aromatic carbocycles. The molecule has 1 N–H and O–H groups in total. The van der Waals surface area contributed by atoms with Gasteiger partial charge in [0.05, 0.1) is 5.33 Å². The number of nitrogens with one attached hydrogen (secondary N) is 1. The van der Waals surface area contributed by atoms with Gasteiger partial charge in [-0.1, -0.05) is 29.8 Å². The molecule has 0 saturated heterocycles. The summed E-state index contributed by atoms with van der Waals surface area (Å²) in [5, 5.41) is 2.90. The molecular formula is C9H16BrNO2. The minimum atomic E-state index is -0.199. The maximum atomic E-state index is 11.3. The first-order chi connectivity index (χ1) is 6.02. The fourth-order valence-corrected chi connectivity index (χ4v) is 1.35. The summed E-state index contributed by atoms with van der Waals surface area (Å²) in [5.41, 5.74) is 0. The Morgan fingerprint density at radius 2 is 1.92 bits per heavy atom. The van der Waals surface area contributed by atoms with Crippen LogP contribution in [0.4, 0.5) is 0 Å². The number of carbonyl (C=O) groups is 2. The lowest BCUT2D eigenvalue weighted by Gasteiger charge is -2.17. The molecule has 1 unspecified atom stereocenters. The molecule has 0 rings (SSSR count). The lowest BCUT2D eigenvalue weighted by atomic mass is 9.90. The molecule has 0 aromatic rings. The summed E-state index contributed by atoms with van der Waals surface area (Å²) in [5.74, 6) is 0.0181. The standard InChI is InChI=1S/C9H16BrNO2/c1-6(2)8(9(13)11-3)4-7(12)5-10/h6,8H,4-5H2,1-3H3,(H,11,13). The van der Waals surface area contributed by atoms with Crippen LogP contribution in [0.15, 0.2) is 0 Å². The number of hydrogen-bond acceptors (Lipinski definition) is 2. The first kappa shape index (κ1) is 12.6. The van der Waals surface area contributed by atoms with Gasteiger partial charge in [0.15, 0.2) is 0 Å². The van der Waals surface area contributed by atoms with Gasteiger partial charge in [-0.15, -0.1) is 0 Å². The van der Waals surface area contributed by atoms with Gasteiger partial charge in [-0.2, -0.15) is 0 Å². The van der Waals surface area contributed by atoms with E-state index in [4.69, 9.17) is 0 Å². The van der Waals surface area contributed by atoms with E-state index < -0.39 is 0 Å². The van der Waals surface area contributed by atoms with E-state index in [0.717, 1.165) is 0 Å². The molecule has 4 heteroatoms. The molecule has 0 fully saturated rings. The van der Waals surface area contributed by atoms with Crippen LogP contribution in [0.5, 0.6) is 0 Å². The topological polar surface area (TPSA) is 46.2 Å². The van der Waals surface area contributed by atoms with Gasteiger partial charge in [0.25, 0.3) is 0 Å². The average Bonchev–Trinajstić information content (AvgIpc) is 2.11. The molecule has 1 amide bonds. The van der Waals surface area contributed by atoms with Crippen LogP contribution >= 0.6 is 15.9 Å². The third kappa shape index (κ3) is 4.41. The van der Waals surface area contributed by atoms with Crippen molar-refractivity contribution in [2.75, 3.05) is 12.4 Å². The summed E-state index contributed by atoms with van der Waals surface area (Å²) in [6, 6.07) is 0. The number of carbonyl (C=O) groups excluding carboxylic acids is 2. The largest absolute Gasteiger partial charge is 0.359 e. The maximum Gasteiger partial charge on any atom is 0.223 e. The fourth-order valence-electron chi connectivity index (χ4n) is 1.12. The Balaban J connectivity index is 4.26. The number of rotatable bonds is 5. The first-order valence-corrected chi connectivity index (χ1v) is 5.44. The highest BCUT2D eigenvalue weighted by atomic mass is 79.9. The predicted molar refractivity (Wildman–Crippen MR) is 55.8 cm³/mol. The maximum absolute atomic E-state index is 11.3. The smallest absolute Gasteiger partial charge is 0.223 e. The molecule has 0 aromatic heterocycles. The quantitative estimate of drug-likeness (QED) is 0.749. The minimum Gasteiger partial charge on any atom is -0.359 e. The van der Waals surface area contributed by atoms with Crippen molar-refractivity contribution in [3.8, 4) is 0 Å². The second-order valence-electron chi connectivity index (χ2n) is 3.34. The number of hydrogen-bond donors (Lipinski definition) is 1. The van der Waals surface area contributed by atoms with Crippen molar-refractivity contribution in [2.45, 2.75) is 20.3 Å². The van der Waals surface area contributed by atoms with Gasteiger partial charge in [-0.05, 0) is 5.92 Å². The Labute approximate surface area is 87.4 Å². The zero-order valence-corrected chi connectivity index (χ0v) is 9.85. The van der Waals surface area contributed by atoms with Crippen LogP contribution in [0.1, 0.15) is 20.3 Å². The third-order valence-corrected chi connectivity index (χ3v) is 2.61. The molecule has 1 atom stereocenters. The summed E-state index contributed by atoms with van der Waals surface area (Å²) in [4.78, 5) is 22.4. The summed E-state index contributed by atoms with van der Waals surface area (Å²) < 4.78 is 0. The summed E-state index contributed by atoms with van der Waals surface area (Å²) >= 11 is 3.08. The molecule has 0 aliphatic carbocycles. The van der Waals surface area contributed by atoms with Gasteiger partial charge in [0.2, 0.25) is 5.91 Å². The van der Waals surface area contributed by atoms with E-state index in [1.54, 1.807) is 7.05 Å². The summed E-state index contributed by atoms with van der Waals surface area (Å²) in [7, 11) is 1.59. The molecule has 76 valence electrons. The van der Waals surface area contributed by atoms with Gasteiger partial charge in [-0.3, -0.25) is 9.59 Å². The van der Waals surface area contributed by atoms with Crippen molar-refractivity contribution in [3.05, 3.63) is 0 Å². The molecule has 0 heterocycles. The number of halogens is 1. The van der Waals surface area contributed by atoms with Gasteiger partial charge in [-0.25, -0.2) is 0 Å². The van der Waals surface area contributed by atoms with E-state index >= 15 is 0 Å². The third-order valence-electron chi connectivity index (χ3n) is 1.98. The SMILES string of the molecule is CNC(=O)C(CC(=O)CBr)C(C)C. The zero-order valence-electron chi connectivity index (χ0n) is 8.26. The predicted octanol–water partition coefficient (Wildman–Crippen LogP) is 1.36. The van der Waals surface area contributed by atoms with Crippen LogP contribution in [-0.2, 0) is 9.59 Å². The van der Waals surface area contributed by atoms with Crippen LogP contribution in [0, 0.1) is 11.8 Å². The Bertz CT molecular complexity index is 192. The van der Waals surface area contributed by atoms with Gasteiger partial charge >= 0.3 is 0 Å². The van der Waals surface area contributed by atoms with Crippen molar-refractivity contribution < 1.29 is 9.59 Å². The first-order valence-electron chi connectivity index (χ1n) is 4.32. The number of ketones is 1. The minimum absolute atomic E-state index is 0.0516. The van der Waals surface area contributed by atoms with Crippen molar-refractivity contribution in [3.63, 3.8) is 0 Å². The highest BCUT2D eigenvalue weighted by Crippen LogP contribution is 2.16. The molecule has 0 saturated carbocycles. The second kappa shape index (κ2) is 6.13. The van der Waals surface area contributed by atoms with Crippen molar-refractivity contribution >= 4 is 27.6 Å². The van der Waals surface area contributed by atoms with Gasteiger partial charge in [0, 0.05) is 19.4 Å². The lowest BCUT2D eigenvalue weighted by molar-refractivity contribution is -0.129. The molecular weight excluding hydrogens is 234 g/mol. The van der Waals surface area contributed by atoms with Crippen LogP contribution < -0.4 is 5.32 Å². The highest BCUT2D eigenvalue weighted by molar-refractivity contribution is 9.09. The van der Waals surface area contributed by atoms with Crippen LogP contribution in [-0.4, -0.2) is 24.1 Å². The highest BCUT2D eigenvalue weighted by Gasteiger charge is 2.23.